The summed E-state index contributed by atoms with van der Waals surface area (Å²) in [5.41, 5.74) is 13.7. The molecule has 1 aromatic heterocycles. The van der Waals surface area contributed by atoms with Crippen LogP contribution in [0.1, 0.15) is 67.3 Å². The minimum Gasteiger partial charge on any atom is -0.395 e. The van der Waals surface area contributed by atoms with Gasteiger partial charge in [0, 0.05) is 34.3 Å². The van der Waals surface area contributed by atoms with E-state index >= 15 is 0 Å². The number of aryl methyl sites for hydroxylation is 2. The highest BCUT2D eigenvalue weighted by Crippen LogP contribution is 2.47. The Morgan fingerprint density at radius 2 is 1.25 bits per heavy atom. The predicted molar refractivity (Wildman–Crippen MR) is 221 cm³/mol. The number of hydrazone groups is 1. The first-order chi connectivity index (χ1) is 27.7. The van der Waals surface area contributed by atoms with Crippen LogP contribution in [-0.4, -0.2) is 49.6 Å². The summed E-state index contributed by atoms with van der Waals surface area (Å²) in [4.78, 5) is 26.0. The Morgan fingerprint density at radius 1 is 0.737 bits per heavy atom. The lowest BCUT2D eigenvalue weighted by molar-refractivity contribution is -0.128. The van der Waals surface area contributed by atoms with E-state index in [0.717, 1.165) is 66.6 Å². The molecule has 6 N–H and O–H groups in total. The van der Waals surface area contributed by atoms with Gasteiger partial charge in [0.1, 0.15) is 0 Å². The summed E-state index contributed by atoms with van der Waals surface area (Å²) in [5, 5.41) is 33.0. The van der Waals surface area contributed by atoms with Crippen molar-refractivity contribution in [2.24, 2.45) is 15.9 Å². The minimum absolute atomic E-state index is 0.0126. The van der Waals surface area contributed by atoms with Crippen LogP contribution in [0, 0.1) is 10.8 Å². The van der Waals surface area contributed by atoms with Gasteiger partial charge in [0.25, 0.3) is 0 Å². The zero-order valence-electron chi connectivity index (χ0n) is 32.1. The maximum atomic E-state index is 12.7. The van der Waals surface area contributed by atoms with Crippen LogP contribution in [0.3, 0.4) is 0 Å². The molecule has 3 aliphatic rings. The fourth-order valence-corrected chi connectivity index (χ4v) is 6.45. The molecule has 2 heterocycles. The van der Waals surface area contributed by atoms with E-state index in [4.69, 9.17) is 28.3 Å². The molecule has 15 heteroatoms. The van der Waals surface area contributed by atoms with Gasteiger partial charge in [-0.25, -0.2) is 5.53 Å². The smallest absolute Gasteiger partial charge is 0.228 e. The maximum Gasteiger partial charge on any atom is 0.228 e. The van der Waals surface area contributed by atoms with Crippen molar-refractivity contribution in [2.45, 2.75) is 72.0 Å². The first-order valence-electron chi connectivity index (χ1n) is 19.1. The lowest BCUT2D eigenvalue weighted by Crippen LogP contribution is -2.35. The van der Waals surface area contributed by atoms with Crippen LogP contribution in [0.25, 0.3) is 11.4 Å². The van der Waals surface area contributed by atoms with Crippen molar-refractivity contribution < 1.29 is 14.7 Å². The van der Waals surface area contributed by atoms with Crippen molar-refractivity contribution in [3.05, 3.63) is 135 Å². The molecule has 0 radical (unpaired) electrons. The largest absolute Gasteiger partial charge is 0.395 e. The number of aromatic nitrogens is 4. The molecule has 0 unspecified atom stereocenters. The molecule has 2 fully saturated rings. The molecule has 57 heavy (non-hydrogen) atoms. The number of aliphatic hydroxyl groups excluding tert-OH is 1. The second kappa shape index (κ2) is 19.2. The number of halogens is 2. The number of hydrazine groups is 2. The molecule has 298 valence electrons. The zero-order valence-corrected chi connectivity index (χ0v) is 33.6. The van der Waals surface area contributed by atoms with E-state index in [0.29, 0.717) is 35.5 Å². The first kappa shape index (κ1) is 41.3. The van der Waals surface area contributed by atoms with E-state index in [9.17, 15) is 9.59 Å². The monoisotopic (exact) mass is 810 g/mol. The standard InChI is InChI=1S/C21H22ClN5O.C12H14ClNO2.C9H12N4/c1-2-15-7-9-16(10-8-15)19-24-26-27(25-19)14-21(11-12-21)20(28)23-13-17-5-3-4-6-18(17)22;13-10-4-2-1-3-9(10)7-14-11(16)12(8-15)5-6-12;1-2-7-3-5-8(6-4-7)9-10-12-13-11-9/h3-10H,2,11-14H2,1H3,(H,23,28);1-4,15H,5-8H2,(H,14,16);3-6,12-13H,2H2,1H3,(H,10,11). The van der Waals surface area contributed by atoms with Crippen LogP contribution in [0.4, 0.5) is 0 Å². The van der Waals surface area contributed by atoms with E-state index in [1.807, 2.05) is 54.6 Å². The summed E-state index contributed by atoms with van der Waals surface area (Å²) in [5.74, 6) is 1.34. The molecule has 8 rings (SSSR count). The van der Waals surface area contributed by atoms with Gasteiger partial charge in [-0.1, -0.05) is 122 Å². The third-order valence-corrected chi connectivity index (χ3v) is 11.1. The third kappa shape index (κ3) is 11.0. The van der Waals surface area contributed by atoms with Gasteiger partial charge in [-0.15, -0.1) is 20.8 Å². The fraction of sp³-hybridized carbons (Fsp3) is 0.333. The average molecular weight is 812 g/mol. The number of tetrazole rings is 1. The van der Waals surface area contributed by atoms with Gasteiger partial charge in [0.15, 0.2) is 5.84 Å². The molecular weight excluding hydrogens is 763 g/mol. The molecule has 5 aromatic rings. The summed E-state index contributed by atoms with van der Waals surface area (Å²) in [6, 6.07) is 31.4. The Kier molecular flexibility index (Phi) is 13.9. The second-order valence-corrected chi connectivity index (χ2v) is 15.1. The minimum atomic E-state index is -0.513. The normalized spacial score (nSPS) is 15.3. The highest BCUT2D eigenvalue weighted by atomic mass is 35.5. The number of carbonyl (C=O) groups excluding carboxylic acids is 2. The molecule has 2 aliphatic carbocycles. The molecule has 1 aliphatic heterocycles. The molecule has 4 aromatic carbocycles. The Hall–Kier alpha value is -5.34. The summed E-state index contributed by atoms with van der Waals surface area (Å²) in [7, 11) is 0. The van der Waals surface area contributed by atoms with Crippen LogP contribution in [0.5, 0.6) is 0 Å². The van der Waals surface area contributed by atoms with Crippen LogP contribution < -0.4 is 27.1 Å². The van der Waals surface area contributed by atoms with Gasteiger partial charge in [-0.3, -0.25) is 15.0 Å². The zero-order chi connectivity index (χ0) is 40.3. The predicted octanol–water partition coefficient (Wildman–Crippen LogP) is 5.90. The lowest BCUT2D eigenvalue weighted by atomic mass is 10.1. The number of amidine groups is 1. The van der Waals surface area contributed by atoms with Crippen LogP contribution in [0.15, 0.2) is 102 Å². The van der Waals surface area contributed by atoms with E-state index < -0.39 is 10.8 Å². The molecule has 0 atom stereocenters. The SMILES string of the molecule is CCc1ccc(-c2nnn(CC3(C(=O)NCc4ccccc4Cl)CC3)n2)cc1.CCc1ccc(C2=NNNN2)cc1.O=C(NCc1ccccc1Cl)C1(CO)CC1. The topological polar surface area (TPSA) is 170 Å². The number of hydrogen-bond acceptors (Lipinski definition) is 10. The number of aliphatic hydroxyl groups is 1. The Bertz CT molecular complexity index is 2150. The van der Waals surface area contributed by atoms with Crippen molar-refractivity contribution in [3.8, 4) is 11.4 Å². The van der Waals surface area contributed by atoms with Crippen LogP contribution in [0.2, 0.25) is 10.0 Å². The Morgan fingerprint density at radius 3 is 1.70 bits per heavy atom. The van der Waals surface area contributed by atoms with Gasteiger partial charge in [0.2, 0.25) is 17.6 Å². The van der Waals surface area contributed by atoms with Crippen molar-refractivity contribution >= 4 is 40.9 Å². The average Bonchev–Trinajstić information content (AvgIpc) is 4.10. The summed E-state index contributed by atoms with van der Waals surface area (Å²) in [6.07, 6.45) is 5.26. The van der Waals surface area contributed by atoms with Crippen molar-refractivity contribution in [3.63, 3.8) is 0 Å². The lowest BCUT2D eigenvalue weighted by Gasteiger charge is -2.14. The number of rotatable bonds is 13. The number of benzene rings is 4. The van der Waals surface area contributed by atoms with Gasteiger partial charge in [-0.05, 0) is 78.1 Å². The van der Waals surface area contributed by atoms with Crippen molar-refractivity contribution in [2.75, 3.05) is 6.61 Å². The van der Waals surface area contributed by atoms with E-state index in [2.05, 4.69) is 97.9 Å². The molecule has 0 spiro atoms. The number of amides is 2. The Balaban J connectivity index is 0.000000160. The van der Waals surface area contributed by atoms with Crippen molar-refractivity contribution in [1.82, 2.24) is 47.3 Å². The van der Waals surface area contributed by atoms with Gasteiger partial charge >= 0.3 is 0 Å². The fourth-order valence-electron chi connectivity index (χ4n) is 6.05. The molecule has 13 nitrogen and oxygen atoms in total. The van der Waals surface area contributed by atoms with Crippen LogP contribution >= 0.6 is 23.2 Å². The summed E-state index contributed by atoms with van der Waals surface area (Å²) < 4.78 is 0. The highest BCUT2D eigenvalue weighted by molar-refractivity contribution is 6.31. The first-order valence-corrected chi connectivity index (χ1v) is 19.9. The molecule has 2 amide bonds. The molecular formula is C42H48Cl2N10O3. The van der Waals surface area contributed by atoms with Gasteiger partial charge in [0.05, 0.1) is 24.0 Å². The van der Waals surface area contributed by atoms with Gasteiger partial charge in [-0.2, -0.15) is 4.80 Å². The molecule has 2 saturated carbocycles. The molecule has 0 bridgehead atoms. The Labute approximate surface area is 342 Å². The summed E-state index contributed by atoms with van der Waals surface area (Å²) >= 11 is 12.1. The summed E-state index contributed by atoms with van der Waals surface area (Å²) in [6.45, 7) is 5.46. The van der Waals surface area contributed by atoms with E-state index in [-0.39, 0.29) is 18.4 Å². The van der Waals surface area contributed by atoms with E-state index in [1.165, 1.54) is 15.9 Å². The van der Waals surface area contributed by atoms with Crippen molar-refractivity contribution in [1.29, 1.82) is 0 Å². The highest BCUT2D eigenvalue weighted by Gasteiger charge is 2.51. The molecule has 0 saturated heterocycles. The maximum absolute atomic E-state index is 12.7. The van der Waals surface area contributed by atoms with Crippen LogP contribution in [-0.2, 0) is 42.1 Å². The van der Waals surface area contributed by atoms with Gasteiger partial charge < -0.3 is 15.7 Å². The number of nitrogens with one attached hydrogen (secondary N) is 5. The van der Waals surface area contributed by atoms with E-state index in [1.54, 1.807) is 6.07 Å². The second-order valence-electron chi connectivity index (χ2n) is 14.3. The quantitative estimate of drug-likeness (QED) is 0.0848. The number of hydrogen-bond donors (Lipinski definition) is 6. The number of carbonyl (C=O) groups is 2. The number of nitrogens with zero attached hydrogens (tertiary/aromatic N) is 5. The third-order valence-electron chi connectivity index (χ3n) is 10.3.